The predicted molar refractivity (Wildman–Crippen MR) is 93.7 cm³/mol. The van der Waals surface area contributed by atoms with Gasteiger partial charge in [0.05, 0.1) is 6.04 Å². The summed E-state index contributed by atoms with van der Waals surface area (Å²) in [4.78, 5) is 12.1. The Morgan fingerprint density at radius 1 is 1.20 bits per heavy atom. The van der Waals surface area contributed by atoms with Gasteiger partial charge in [0.2, 0.25) is 0 Å². The highest BCUT2D eigenvalue weighted by atomic mass is 19.2. The average Bonchev–Trinajstić information content (AvgIpc) is 2.55. The molecule has 25 heavy (non-hydrogen) atoms. The van der Waals surface area contributed by atoms with Crippen LogP contribution in [0, 0.1) is 11.6 Å². The van der Waals surface area contributed by atoms with E-state index in [2.05, 4.69) is 17.2 Å². The number of urea groups is 1. The minimum Gasteiger partial charge on any atom is -0.489 e. The van der Waals surface area contributed by atoms with Crippen molar-refractivity contribution in [2.24, 2.45) is 0 Å². The summed E-state index contributed by atoms with van der Waals surface area (Å²) in [5, 5.41) is 5.34. The van der Waals surface area contributed by atoms with Crippen LogP contribution >= 0.6 is 0 Å². The van der Waals surface area contributed by atoms with Gasteiger partial charge in [-0.2, -0.15) is 0 Å². The van der Waals surface area contributed by atoms with Crippen LogP contribution in [0.15, 0.2) is 54.6 Å². The van der Waals surface area contributed by atoms with Crippen LogP contribution in [0.1, 0.15) is 25.5 Å². The Kier molecular flexibility index (Phi) is 6.11. The lowest BCUT2D eigenvalue weighted by Crippen LogP contribution is -2.31. The number of carbonyl (C=O) groups excluding carboxylic acids is 1. The van der Waals surface area contributed by atoms with E-state index < -0.39 is 23.7 Å². The van der Waals surface area contributed by atoms with E-state index in [1.165, 1.54) is 6.07 Å². The molecule has 6 heteroatoms. The van der Waals surface area contributed by atoms with Crippen LogP contribution in [0.2, 0.25) is 0 Å². The summed E-state index contributed by atoms with van der Waals surface area (Å²) in [6.45, 7) is 7.69. The number of benzene rings is 2. The highest BCUT2D eigenvalue weighted by molar-refractivity contribution is 5.89. The number of carbonyl (C=O) groups is 1. The number of halogens is 2. The fraction of sp³-hybridized carbons (Fsp3) is 0.211. The van der Waals surface area contributed by atoms with Gasteiger partial charge in [-0.25, -0.2) is 13.6 Å². The van der Waals surface area contributed by atoms with E-state index in [0.29, 0.717) is 23.6 Å². The van der Waals surface area contributed by atoms with Gasteiger partial charge in [0.25, 0.3) is 0 Å². The molecule has 0 aromatic heterocycles. The second-order valence-electron chi connectivity index (χ2n) is 5.77. The number of amides is 2. The highest BCUT2D eigenvalue weighted by Gasteiger charge is 2.12. The quantitative estimate of drug-likeness (QED) is 0.738. The SMILES string of the molecule is C=C(C)COc1cccc(NC(=O)NC(C)c2ccc(F)c(F)c2)c1. The lowest BCUT2D eigenvalue weighted by atomic mass is 10.1. The van der Waals surface area contributed by atoms with Gasteiger partial charge >= 0.3 is 6.03 Å². The largest absolute Gasteiger partial charge is 0.489 e. The highest BCUT2D eigenvalue weighted by Crippen LogP contribution is 2.19. The first kappa shape index (κ1) is 18.4. The van der Waals surface area contributed by atoms with Gasteiger partial charge in [0.15, 0.2) is 11.6 Å². The van der Waals surface area contributed by atoms with Gasteiger partial charge in [-0.05, 0) is 49.2 Å². The van der Waals surface area contributed by atoms with Crippen LogP contribution in [0.5, 0.6) is 5.75 Å². The maximum Gasteiger partial charge on any atom is 0.319 e. The number of nitrogens with one attached hydrogen (secondary N) is 2. The van der Waals surface area contributed by atoms with E-state index in [-0.39, 0.29) is 0 Å². The standard InChI is InChI=1S/C19H20F2N2O2/c1-12(2)11-25-16-6-4-5-15(10-16)23-19(24)22-13(3)14-7-8-17(20)18(21)9-14/h4-10,13H,1,11H2,2-3H3,(H2,22,23,24). The second-order valence-corrected chi connectivity index (χ2v) is 5.77. The monoisotopic (exact) mass is 346 g/mol. The zero-order chi connectivity index (χ0) is 18.4. The van der Waals surface area contributed by atoms with Crippen molar-refractivity contribution in [2.45, 2.75) is 19.9 Å². The molecule has 0 radical (unpaired) electrons. The van der Waals surface area contributed by atoms with E-state index in [1.807, 2.05) is 6.92 Å². The maximum atomic E-state index is 13.3. The van der Waals surface area contributed by atoms with Gasteiger partial charge in [-0.15, -0.1) is 0 Å². The summed E-state index contributed by atoms with van der Waals surface area (Å²) >= 11 is 0. The van der Waals surface area contributed by atoms with E-state index in [9.17, 15) is 13.6 Å². The Bertz CT molecular complexity index is 778. The molecule has 2 rings (SSSR count). The molecule has 0 bridgehead atoms. The maximum absolute atomic E-state index is 13.3. The molecule has 2 aromatic carbocycles. The number of hydrogen-bond acceptors (Lipinski definition) is 2. The fourth-order valence-electron chi connectivity index (χ4n) is 2.10. The predicted octanol–water partition coefficient (Wildman–Crippen LogP) is 4.80. The smallest absolute Gasteiger partial charge is 0.319 e. The molecule has 0 aliphatic carbocycles. The lowest BCUT2D eigenvalue weighted by Gasteiger charge is -2.16. The molecule has 0 saturated carbocycles. The minimum atomic E-state index is -0.950. The number of ether oxygens (including phenoxy) is 1. The first-order chi connectivity index (χ1) is 11.8. The van der Waals surface area contributed by atoms with Gasteiger partial charge < -0.3 is 15.4 Å². The molecule has 0 spiro atoms. The van der Waals surface area contributed by atoms with Crippen molar-refractivity contribution in [3.8, 4) is 5.75 Å². The zero-order valence-corrected chi connectivity index (χ0v) is 14.1. The number of anilines is 1. The van der Waals surface area contributed by atoms with Crippen molar-refractivity contribution in [2.75, 3.05) is 11.9 Å². The number of hydrogen-bond donors (Lipinski definition) is 2. The zero-order valence-electron chi connectivity index (χ0n) is 14.1. The molecule has 2 N–H and O–H groups in total. The molecule has 2 amide bonds. The third-order valence-electron chi connectivity index (χ3n) is 3.37. The Hall–Kier alpha value is -2.89. The first-order valence-corrected chi connectivity index (χ1v) is 7.75. The molecule has 1 atom stereocenters. The Morgan fingerprint density at radius 3 is 2.64 bits per heavy atom. The Labute approximate surface area is 145 Å². The van der Waals surface area contributed by atoms with Crippen molar-refractivity contribution in [3.05, 3.63) is 71.8 Å². The molecule has 132 valence electrons. The fourth-order valence-corrected chi connectivity index (χ4v) is 2.10. The number of rotatable bonds is 6. The van der Waals surface area contributed by atoms with Crippen LogP contribution in [0.4, 0.5) is 19.3 Å². The van der Waals surface area contributed by atoms with E-state index in [4.69, 9.17) is 4.74 Å². The third kappa shape index (κ3) is 5.60. The summed E-state index contributed by atoms with van der Waals surface area (Å²) in [6, 6.07) is 9.50. The van der Waals surface area contributed by atoms with Crippen molar-refractivity contribution in [1.82, 2.24) is 5.32 Å². The normalized spacial score (nSPS) is 11.5. The third-order valence-corrected chi connectivity index (χ3v) is 3.37. The topological polar surface area (TPSA) is 50.4 Å². The molecule has 0 aliphatic rings. The summed E-state index contributed by atoms with van der Waals surface area (Å²) < 4.78 is 31.8. The molecular formula is C19H20F2N2O2. The molecule has 2 aromatic rings. The van der Waals surface area contributed by atoms with Crippen molar-refractivity contribution < 1.29 is 18.3 Å². The van der Waals surface area contributed by atoms with E-state index in [0.717, 1.165) is 17.7 Å². The molecule has 0 heterocycles. The Morgan fingerprint density at radius 2 is 1.96 bits per heavy atom. The molecule has 1 unspecified atom stereocenters. The van der Waals surface area contributed by atoms with Gasteiger partial charge in [0, 0.05) is 11.8 Å². The molecule has 0 aliphatic heterocycles. The van der Waals surface area contributed by atoms with Crippen LogP contribution in [0.25, 0.3) is 0 Å². The van der Waals surface area contributed by atoms with Crippen molar-refractivity contribution in [1.29, 1.82) is 0 Å². The first-order valence-electron chi connectivity index (χ1n) is 7.75. The summed E-state index contributed by atoms with van der Waals surface area (Å²) in [5.41, 5.74) is 1.90. The average molecular weight is 346 g/mol. The van der Waals surface area contributed by atoms with Gasteiger partial charge in [0.1, 0.15) is 12.4 Å². The van der Waals surface area contributed by atoms with Crippen LogP contribution < -0.4 is 15.4 Å². The van der Waals surface area contributed by atoms with E-state index >= 15 is 0 Å². The van der Waals surface area contributed by atoms with Gasteiger partial charge in [-0.1, -0.05) is 18.7 Å². The molecular weight excluding hydrogens is 326 g/mol. The van der Waals surface area contributed by atoms with Crippen LogP contribution in [-0.2, 0) is 0 Å². The summed E-state index contributed by atoms with van der Waals surface area (Å²) in [7, 11) is 0. The van der Waals surface area contributed by atoms with Crippen molar-refractivity contribution >= 4 is 11.7 Å². The molecule has 4 nitrogen and oxygen atoms in total. The second kappa shape index (κ2) is 8.28. The summed E-state index contributed by atoms with van der Waals surface area (Å²) in [5.74, 6) is -1.27. The van der Waals surface area contributed by atoms with Crippen LogP contribution in [0.3, 0.4) is 0 Å². The molecule has 0 saturated heterocycles. The van der Waals surface area contributed by atoms with Crippen molar-refractivity contribution in [3.63, 3.8) is 0 Å². The lowest BCUT2D eigenvalue weighted by molar-refractivity contribution is 0.249. The van der Waals surface area contributed by atoms with Crippen LogP contribution in [-0.4, -0.2) is 12.6 Å². The Balaban J connectivity index is 1.96. The van der Waals surface area contributed by atoms with E-state index in [1.54, 1.807) is 31.2 Å². The minimum absolute atomic E-state index is 0.392. The molecule has 0 fully saturated rings. The van der Waals surface area contributed by atoms with Gasteiger partial charge in [-0.3, -0.25) is 0 Å². The summed E-state index contributed by atoms with van der Waals surface area (Å²) in [6.07, 6.45) is 0.